The van der Waals surface area contributed by atoms with Crippen LogP contribution in [-0.2, 0) is 10.0 Å². The average Bonchev–Trinajstić information content (AvgIpc) is 2.77. The lowest BCUT2D eigenvalue weighted by Gasteiger charge is -2.24. The van der Waals surface area contributed by atoms with Gasteiger partial charge >= 0.3 is 0 Å². The maximum atomic E-state index is 12.1. The molecule has 0 saturated heterocycles. The zero-order valence-corrected chi connectivity index (χ0v) is 14.0. The third kappa shape index (κ3) is 5.19. The van der Waals surface area contributed by atoms with Crippen LogP contribution < -0.4 is 4.72 Å². The van der Waals surface area contributed by atoms with Crippen molar-refractivity contribution in [2.75, 3.05) is 13.2 Å². The molecule has 1 aromatic rings. The van der Waals surface area contributed by atoms with Gasteiger partial charge in [0.2, 0.25) is 10.0 Å². The summed E-state index contributed by atoms with van der Waals surface area (Å²) in [5.74, 6) is 0. The Bertz CT molecular complexity index is 612. The first-order valence-corrected chi connectivity index (χ1v) is 8.81. The van der Waals surface area contributed by atoms with Crippen LogP contribution in [0.2, 0.25) is 4.34 Å². The normalized spacial score (nSPS) is 12.6. The maximum absolute atomic E-state index is 12.1. The molecule has 0 aromatic carbocycles. The molecule has 0 radical (unpaired) electrons. The summed E-state index contributed by atoms with van der Waals surface area (Å²) in [5.41, 5.74) is -0.746. The van der Waals surface area contributed by atoms with Crippen LogP contribution in [0.15, 0.2) is 10.3 Å². The number of hydrogen-bond acceptors (Lipinski definition) is 6. The lowest BCUT2D eigenvalue weighted by Crippen LogP contribution is -2.33. The Morgan fingerprint density at radius 3 is 2.62 bits per heavy atom. The van der Waals surface area contributed by atoms with Crippen molar-refractivity contribution >= 4 is 38.6 Å². The summed E-state index contributed by atoms with van der Waals surface area (Å²) in [6.45, 7) is 3.95. The molecule has 0 unspecified atom stereocenters. The second-order valence-electron chi connectivity index (χ2n) is 5.30. The molecule has 1 heterocycles. The lowest BCUT2D eigenvalue weighted by atomic mass is 9.88. The van der Waals surface area contributed by atoms with E-state index in [0.717, 1.165) is 6.07 Å². The van der Waals surface area contributed by atoms with Gasteiger partial charge in [0.05, 0.1) is 4.92 Å². The Hall–Kier alpha value is -0.740. The number of halogens is 1. The third-order valence-corrected chi connectivity index (χ3v) is 6.07. The van der Waals surface area contributed by atoms with Crippen LogP contribution in [0, 0.1) is 15.5 Å². The van der Waals surface area contributed by atoms with Crippen molar-refractivity contribution in [3.8, 4) is 0 Å². The number of nitrogens with zero attached hydrogens (tertiary/aromatic N) is 1. The highest BCUT2D eigenvalue weighted by Gasteiger charge is 2.27. The summed E-state index contributed by atoms with van der Waals surface area (Å²) in [5, 5.41) is 19.5. The van der Waals surface area contributed by atoms with Crippen LogP contribution in [0.1, 0.15) is 26.7 Å². The molecule has 0 aliphatic carbocycles. The molecule has 2 N–H and O–H groups in total. The number of thiophene rings is 1. The van der Waals surface area contributed by atoms with Gasteiger partial charge in [0.1, 0.15) is 4.21 Å². The molecule has 120 valence electrons. The Morgan fingerprint density at radius 2 is 2.14 bits per heavy atom. The number of nitro groups is 1. The predicted molar refractivity (Wildman–Crippen MR) is 81.3 cm³/mol. The standard InChI is InChI=1S/C11H17ClN2O5S2/c1-11(2,4-3-5-15)7-13-21(18,19)9-6-8(14(16)17)10(12)20-9/h6,13,15H,3-5,7H2,1-2H3. The van der Waals surface area contributed by atoms with Crippen molar-refractivity contribution in [1.29, 1.82) is 0 Å². The van der Waals surface area contributed by atoms with Gasteiger partial charge in [-0.1, -0.05) is 25.4 Å². The fourth-order valence-electron chi connectivity index (χ4n) is 1.60. The SMILES string of the molecule is CC(C)(CCCO)CNS(=O)(=O)c1cc([N+](=O)[O-])c(Cl)s1. The van der Waals surface area contributed by atoms with Crippen LogP contribution in [0.25, 0.3) is 0 Å². The van der Waals surface area contributed by atoms with E-state index in [-0.39, 0.29) is 27.1 Å². The number of aliphatic hydroxyl groups is 1. The third-order valence-electron chi connectivity index (χ3n) is 2.86. The van der Waals surface area contributed by atoms with Gasteiger partial charge in [-0.15, -0.1) is 11.3 Å². The zero-order valence-electron chi connectivity index (χ0n) is 11.6. The Labute approximate surface area is 132 Å². The van der Waals surface area contributed by atoms with Gasteiger partial charge in [-0.05, 0) is 18.3 Å². The molecule has 7 nitrogen and oxygen atoms in total. The highest BCUT2D eigenvalue weighted by atomic mass is 35.5. The van der Waals surface area contributed by atoms with E-state index in [4.69, 9.17) is 16.7 Å². The molecule has 0 amide bonds. The maximum Gasteiger partial charge on any atom is 0.300 e. The minimum Gasteiger partial charge on any atom is -0.396 e. The molecule has 0 aliphatic heterocycles. The van der Waals surface area contributed by atoms with Crippen LogP contribution in [0.4, 0.5) is 5.69 Å². The van der Waals surface area contributed by atoms with Crippen molar-refractivity contribution < 1.29 is 18.4 Å². The molecule has 10 heteroatoms. The summed E-state index contributed by atoms with van der Waals surface area (Å²) < 4.78 is 26.3. The average molecular weight is 357 g/mol. The van der Waals surface area contributed by atoms with E-state index in [0.29, 0.717) is 24.2 Å². The molecule has 0 aliphatic rings. The number of aliphatic hydroxyl groups excluding tert-OH is 1. The van der Waals surface area contributed by atoms with E-state index in [1.807, 2.05) is 13.8 Å². The van der Waals surface area contributed by atoms with Gasteiger partial charge in [0.15, 0.2) is 4.34 Å². The molecule has 0 atom stereocenters. The van der Waals surface area contributed by atoms with E-state index >= 15 is 0 Å². The number of hydrogen-bond donors (Lipinski definition) is 2. The van der Waals surface area contributed by atoms with E-state index in [1.54, 1.807) is 0 Å². The lowest BCUT2D eigenvalue weighted by molar-refractivity contribution is -0.384. The van der Waals surface area contributed by atoms with Crippen molar-refractivity contribution in [2.45, 2.75) is 30.9 Å². The molecule has 0 fully saturated rings. The van der Waals surface area contributed by atoms with Gasteiger partial charge in [0.25, 0.3) is 5.69 Å². The Kier molecular flexibility index (Phi) is 6.11. The molecular weight excluding hydrogens is 340 g/mol. The molecule has 0 saturated carbocycles. The summed E-state index contributed by atoms with van der Waals surface area (Å²) in [7, 11) is -3.84. The molecule has 1 rings (SSSR count). The van der Waals surface area contributed by atoms with E-state index in [2.05, 4.69) is 4.72 Å². The monoisotopic (exact) mass is 356 g/mol. The first-order chi connectivity index (χ1) is 9.59. The first-order valence-electron chi connectivity index (χ1n) is 6.13. The van der Waals surface area contributed by atoms with E-state index in [9.17, 15) is 18.5 Å². The Balaban J connectivity index is 2.83. The van der Waals surface area contributed by atoms with Gasteiger partial charge < -0.3 is 5.11 Å². The quantitative estimate of drug-likeness (QED) is 0.549. The second kappa shape index (κ2) is 7.01. The van der Waals surface area contributed by atoms with Gasteiger partial charge in [-0.2, -0.15) is 0 Å². The molecule has 21 heavy (non-hydrogen) atoms. The van der Waals surface area contributed by atoms with Crippen LogP contribution >= 0.6 is 22.9 Å². The topological polar surface area (TPSA) is 110 Å². The van der Waals surface area contributed by atoms with Crippen molar-refractivity contribution in [1.82, 2.24) is 4.72 Å². The minimum atomic E-state index is -3.84. The molecule has 1 aromatic heterocycles. The van der Waals surface area contributed by atoms with Crippen LogP contribution in [0.3, 0.4) is 0 Å². The fraction of sp³-hybridized carbons (Fsp3) is 0.636. The van der Waals surface area contributed by atoms with E-state index in [1.165, 1.54) is 0 Å². The van der Waals surface area contributed by atoms with Gasteiger partial charge in [-0.3, -0.25) is 10.1 Å². The van der Waals surface area contributed by atoms with Crippen molar-refractivity contribution in [3.05, 3.63) is 20.5 Å². The minimum absolute atomic E-state index is 0.0446. The number of rotatable bonds is 8. The first kappa shape index (κ1) is 18.3. The molecule has 0 bridgehead atoms. The zero-order chi connectivity index (χ0) is 16.3. The fourth-order valence-corrected chi connectivity index (χ4v) is 4.55. The number of sulfonamides is 1. The molecule has 0 spiro atoms. The smallest absolute Gasteiger partial charge is 0.300 e. The second-order valence-corrected chi connectivity index (χ2v) is 8.95. The summed E-state index contributed by atoms with van der Waals surface area (Å²) in [6, 6.07) is 0.954. The largest absolute Gasteiger partial charge is 0.396 e. The van der Waals surface area contributed by atoms with E-state index < -0.39 is 20.6 Å². The van der Waals surface area contributed by atoms with Crippen LogP contribution in [0.5, 0.6) is 0 Å². The summed E-state index contributed by atoms with van der Waals surface area (Å²) in [4.78, 5) is 9.97. The summed E-state index contributed by atoms with van der Waals surface area (Å²) in [6.07, 6.45) is 1.22. The summed E-state index contributed by atoms with van der Waals surface area (Å²) >= 11 is 6.31. The van der Waals surface area contributed by atoms with Crippen molar-refractivity contribution in [2.24, 2.45) is 5.41 Å². The predicted octanol–water partition coefficient (Wildman–Crippen LogP) is 2.39. The van der Waals surface area contributed by atoms with Gasteiger partial charge in [-0.25, -0.2) is 13.1 Å². The Morgan fingerprint density at radius 1 is 1.52 bits per heavy atom. The van der Waals surface area contributed by atoms with Crippen molar-refractivity contribution in [3.63, 3.8) is 0 Å². The van der Waals surface area contributed by atoms with Gasteiger partial charge in [0, 0.05) is 19.2 Å². The van der Waals surface area contributed by atoms with Crippen LogP contribution in [-0.4, -0.2) is 31.6 Å². The molecular formula is C11H17ClN2O5S2. The highest BCUT2D eigenvalue weighted by Crippen LogP contribution is 2.36. The number of nitrogens with one attached hydrogen (secondary N) is 1. The highest BCUT2D eigenvalue weighted by molar-refractivity contribution is 7.91.